The Morgan fingerprint density at radius 2 is 1.85 bits per heavy atom. The number of para-hydroxylation sites is 1. The molecule has 1 atom stereocenters. The van der Waals surface area contributed by atoms with E-state index in [1.807, 2.05) is 48.9 Å². The van der Waals surface area contributed by atoms with E-state index < -0.39 is 11.9 Å². The van der Waals surface area contributed by atoms with E-state index in [2.05, 4.69) is 5.10 Å². The molecule has 1 N–H and O–H groups in total. The van der Waals surface area contributed by atoms with Crippen LogP contribution in [0.4, 0.5) is 0 Å². The van der Waals surface area contributed by atoms with E-state index in [-0.39, 0.29) is 6.42 Å². The summed E-state index contributed by atoms with van der Waals surface area (Å²) in [5, 5.41) is 15.1. The summed E-state index contributed by atoms with van der Waals surface area (Å²) in [4.78, 5) is 11.5. The fourth-order valence-corrected chi connectivity index (χ4v) is 3.85. The second kappa shape index (κ2) is 7.52. The molecular formula is C20H18Cl2N2O2. The molecule has 3 rings (SSSR count). The molecule has 1 heterocycles. The molecule has 134 valence electrons. The van der Waals surface area contributed by atoms with E-state index in [0.29, 0.717) is 10.0 Å². The molecule has 0 bridgehead atoms. The highest BCUT2D eigenvalue weighted by atomic mass is 35.5. The third kappa shape index (κ3) is 3.62. The number of hydrogen-bond acceptors (Lipinski definition) is 2. The third-order valence-corrected chi connectivity index (χ3v) is 4.98. The van der Waals surface area contributed by atoms with Gasteiger partial charge in [0.05, 0.1) is 17.8 Å². The molecule has 2 aromatic carbocycles. The van der Waals surface area contributed by atoms with Crippen molar-refractivity contribution in [1.29, 1.82) is 0 Å². The van der Waals surface area contributed by atoms with Crippen LogP contribution in [0.3, 0.4) is 0 Å². The standard InChI is InChI=1S/C20H18Cl2N2O2/c1-12-20(13(2)24(23-12)15-6-4-3-5-7-15)17(11-19(25)26)16-9-8-14(21)10-18(16)22/h3-10,17H,11H2,1-2H3,(H,25,26). The van der Waals surface area contributed by atoms with Crippen LogP contribution in [0.1, 0.15) is 34.9 Å². The SMILES string of the molecule is Cc1nn(-c2ccccc2)c(C)c1C(CC(=O)O)c1ccc(Cl)cc1Cl. The number of carbonyl (C=O) groups is 1. The van der Waals surface area contributed by atoms with Gasteiger partial charge in [0.1, 0.15) is 0 Å². The van der Waals surface area contributed by atoms with E-state index in [9.17, 15) is 9.90 Å². The van der Waals surface area contributed by atoms with Gasteiger partial charge in [-0.2, -0.15) is 5.10 Å². The Morgan fingerprint density at radius 3 is 2.46 bits per heavy atom. The van der Waals surface area contributed by atoms with Crippen molar-refractivity contribution < 1.29 is 9.90 Å². The van der Waals surface area contributed by atoms with Gasteiger partial charge < -0.3 is 5.11 Å². The quantitative estimate of drug-likeness (QED) is 0.636. The lowest BCUT2D eigenvalue weighted by molar-refractivity contribution is -0.137. The maximum absolute atomic E-state index is 11.5. The van der Waals surface area contributed by atoms with Gasteiger partial charge in [0.2, 0.25) is 0 Å². The molecule has 1 aromatic heterocycles. The summed E-state index contributed by atoms with van der Waals surface area (Å²) in [7, 11) is 0. The van der Waals surface area contributed by atoms with E-state index in [1.54, 1.807) is 18.2 Å². The van der Waals surface area contributed by atoms with Crippen molar-refractivity contribution >= 4 is 29.2 Å². The van der Waals surface area contributed by atoms with Crippen molar-refractivity contribution in [1.82, 2.24) is 9.78 Å². The molecule has 3 aromatic rings. The number of carboxylic acid groups (broad SMARTS) is 1. The summed E-state index contributed by atoms with van der Waals surface area (Å²) in [6, 6.07) is 14.9. The van der Waals surface area contributed by atoms with Gasteiger partial charge in [-0.3, -0.25) is 4.79 Å². The van der Waals surface area contributed by atoms with Crippen molar-refractivity contribution in [2.75, 3.05) is 0 Å². The average Bonchev–Trinajstić information content (AvgIpc) is 2.88. The van der Waals surface area contributed by atoms with Gasteiger partial charge in [-0.15, -0.1) is 0 Å². The molecular weight excluding hydrogens is 371 g/mol. The van der Waals surface area contributed by atoms with Crippen molar-refractivity contribution in [3.05, 3.63) is 81.1 Å². The molecule has 6 heteroatoms. The molecule has 0 spiro atoms. The minimum Gasteiger partial charge on any atom is -0.481 e. The van der Waals surface area contributed by atoms with Gasteiger partial charge in [0, 0.05) is 27.2 Å². The van der Waals surface area contributed by atoms with Gasteiger partial charge in [0.15, 0.2) is 0 Å². The minimum atomic E-state index is -0.896. The zero-order valence-electron chi connectivity index (χ0n) is 14.4. The molecule has 0 saturated heterocycles. The number of aliphatic carboxylic acids is 1. The zero-order chi connectivity index (χ0) is 18.8. The number of aromatic nitrogens is 2. The first-order chi connectivity index (χ1) is 12.4. The summed E-state index contributed by atoms with van der Waals surface area (Å²) in [5.74, 6) is -1.30. The first-order valence-corrected chi connectivity index (χ1v) is 8.92. The minimum absolute atomic E-state index is 0.0798. The number of rotatable bonds is 5. The number of halogens is 2. The van der Waals surface area contributed by atoms with Crippen LogP contribution in [-0.4, -0.2) is 20.9 Å². The number of carboxylic acids is 1. The first-order valence-electron chi connectivity index (χ1n) is 8.16. The van der Waals surface area contributed by atoms with Gasteiger partial charge >= 0.3 is 5.97 Å². The number of aryl methyl sites for hydroxylation is 1. The van der Waals surface area contributed by atoms with Gasteiger partial charge in [-0.05, 0) is 43.7 Å². The summed E-state index contributed by atoms with van der Waals surface area (Å²) in [5.41, 5.74) is 4.21. The predicted molar refractivity (Wildman–Crippen MR) is 104 cm³/mol. The lowest BCUT2D eigenvalue weighted by Gasteiger charge is -2.18. The van der Waals surface area contributed by atoms with E-state index in [4.69, 9.17) is 23.2 Å². The lowest BCUT2D eigenvalue weighted by atomic mass is 9.87. The Bertz CT molecular complexity index is 952. The molecule has 0 aliphatic carbocycles. The normalized spacial score (nSPS) is 12.2. The Labute approximate surface area is 162 Å². The monoisotopic (exact) mass is 388 g/mol. The van der Waals surface area contributed by atoms with Crippen molar-refractivity contribution in [2.45, 2.75) is 26.2 Å². The van der Waals surface area contributed by atoms with Gasteiger partial charge in [-0.25, -0.2) is 4.68 Å². The average molecular weight is 389 g/mol. The second-order valence-corrected chi connectivity index (χ2v) is 6.99. The van der Waals surface area contributed by atoms with Crippen LogP contribution in [0, 0.1) is 13.8 Å². The van der Waals surface area contributed by atoms with Crippen LogP contribution < -0.4 is 0 Å². The van der Waals surface area contributed by atoms with Crippen LogP contribution in [0.5, 0.6) is 0 Å². The maximum atomic E-state index is 11.5. The van der Waals surface area contributed by atoms with Gasteiger partial charge in [0.25, 0.3) is 0 Å². The Morgan fingerprint density at radius 1 is 1.15 bits per heavy atom. The fourth-order valence-electron chi connectivity index (χ4n) is 3.31. The Hall–Kier alpha value is -2.30. The molecule has 0 amide bonds. The second-order valence-electron chi connectivity index (χ2n) is 6.15. The van der Waals surface area contributed by atoms with Crippen LogP contribution >= 0.6 is 23.2 Å². The number of benzene rings is 2. The van der Waals surface area contributed by atoms with Crippen molar-refractivity contribution in [3.63, 3.8) is 0 Å². The zero-order valence-corrected chi connectivity index (χ0v) is 15.9. The predicted octanol–water partition coefficient (Wildman–Crippen LogP) is 5.40. The van der Waals surface area contributed by atoms with Crippen molar-refractivity contribution in [3.8, 4) is 5.69 Å². The molecule has 1 unspecified atom stereocenters. The molecule has 0 saturated carbocycles. The molecule has 4 nitrogen and oxygen atoms in total. The maximum Gasteiger partial charge on any atom is 0.304 e. The topological polar surface area (TPSA) is 55.1 Å². The van der Waals surface area contributed by atoms with Gasteiger partial charge in [-0.1, -0.05) is 47.5 Å². The number of nitrogens with zero attached hydrogens (tertiary/aromatic N) is 2. The summed E-state index contributed by atoms with van der Waals surface area (Å²) in [6.45, 7) is 3.83. The molecule has 0 fully saturated rings. The van der Waals surface area contributed by atoms with Crippen LogP contribution in [-0.2, 0) is 4.79 Å². The van der Waals surface area contributed by atoms with Crippen LogP contribution in [0.2, 0.25) is 10.0 Å². The summed E-state index contributed by atoms with van der Waals surface area (Å²) >= 11 is 12.4. The van der Waals surface area contributed by atoms with Crippen molar-refractivity contribution in [2.24, 2.45) is 0 Å². The van der Waals surface area contributed by atoms with Crippen LogP contribution in [0.15, 0.2) is 48.5 Å². The highest BCUT2D eigenvalue weighted by Crippen LogP contribution is 2.37. The van der Waals surface area contributed by atoms with Crippen LogP contribution in [0.25, 0.3) is 5.69 Å². The summed E-state index contributed by atoms with van der Waals surface area (Å²) < 4.78 is 1.84. The summed E-state index contributed by atoms with van der Waals surface area (Å²) in [6.07, 6.45) is -0.0798. The van der Waals surface area contributed by atoms with E-state index >= 15 is 0 Å². The van der Waals surface area contributed by atoms with E-state index in [0.717, 1.165) is 28.2 Å². The highest BCUT2D eigenvalue weighted by Gasteiger charge is 2.27. The Kier molecular flexibility index (Phi) is 5.35. The molecule has 0 radical (unpaired) electrons. The fraction of sp³-hybridized carbons (Fsp3) is 0.200. The highest BCUT2D eigenvalue weighted by molar-refractivity contribution is 6.35. The lowest BCUT2D eigenvalue weighted by Crippen LogP contribution is -2.11. The molecule has 0 aliphatic heterocycles. The Balaban J connectivity index is 2.16. The smallest absolute Gasteiger partial charge is 0.304 e. The van der Waals surface area contributed by atoms with E-state index in [1.165, 1.54) is 0 Å². The number of hydrogen-bond donors (Lipinski definition) is 1. The molecule has 26 heavy (non-hydrogen) atoms. The molecule has 0 aliphatic rings. The largest absolute Gasteiger partial charge is 0.481 e. The third-order valence-electron chi connectivity index (χ3n) is 4.41. The first kappa shape index (κ1) is 18.5.